The average molecular weight is 871 g/mol. The molecule has 330 valence electrons. The average Bonchev–Trinajstić information content (AvgIpc) is 3.78. The van der Waals surface area contributed by atoms with E-state index in [4.69, 9.17) is 15.2 Å². The molecule has 5 aromatic carbocycles. The third-order valence-corrected chi connectivity index (χ3v) is 13.6. The van der Waals surface area contributed by atoms with Crippen molar-refractivity contribution in [3.63, 3.8) is 0 Å². The molecule has 1 aliphatic carbocycles. The van der Waals surface area contributed by atoms with Gasteiger partial charge in [0.1, 0.15) is 18.0 Å². The van der Waals surface area contributed by atoms with Gasteiger partial charge in [-0.05, 0) is 104 Å². The topological polar surface area (TPSA) is 173 Å². The highest BCUT2D eigenvalue weighted by Gasteiger charge is 2.37. The molecule has 1 heterocycles. The van der Waals surface area contributed by atoms with Crippen molar-refractivity contribution in [3.05, 3.63) is 154 Å². The number of fused-ring (bicyclic) bond motifs is 4. The van der Waals surface area contributed by atoms with E-state index in [1.54, 1.807) is 13.8 Å². The van der Waals surface area contributed by atoms with E-state index in [0.717, 1.165) is 50.3 Å². The highest BCUT2D eigenvalue weighted by atomic mass is 32.2. The van der Waals surface area contributed by atoms with Crippen molar-refractivity contribution < 1.29 is 27.5 Å². The maximum Gasteiger partial charge on any atom is 0.407 e. The van der Waals surface area contributed by atoms with Gasteiger partial charge in [0.15, 0.2) is 0 Å². The van der Waals surface area contributed by atoms with Crippen LogP contribution in [0.3, 0.4) is 0 Å². The molecule has 0 unspecified atom stereocenters. The van der Waals surface area contributed by atoms with Crippen molar-refractivity contribution >= 4 is 28.0 Å². The Morgan fingerprint density at radius 1 is 0.825 bits per heavy atom. The molecule has 0 fully saturated rings. The molecule has 63 heavy (non-hydrogen) atoms. The van der Waals surface area contributed by atoms with Crippen LogP contribution in [0.25, 0.3) is 11.1 Å². The number of carbonyl (C=O) groups is 2. The molecule has 0 radical (unpaired) electrons. The summed E-state index contributed by atoms with van der Waals surface area (Å²) in [6.07, 6.45) is 1.31. The number of nitrogens with two attached hydrogens (primary N) is 1. The number of hydrogen-bond donors (Lipinski definition) is 5. The first kappa shape index (κ1) is 44.9. The number of benzene rings is 5. The highest BCUT2D eigenvalue weighted by Crippen LogP contribution is 2.45. The number of ether oxygens (including phenoxy) is 2. The Kier molecular flexibility index (Phi) is 13.9. The van der Waals surface area contributed by atoms with E-state index in [2.05, 4.69) is 49.9 Å². The Morgan fingerprint density at radius 3 is 2.08 bits per heavy atom. The van der Waals surface area contributed by atoms with Gasteiger partial charge < -0.3 is 31.2 Å². The molecule has 0 aromatic heterocycles. The maximum absolute atomic E-state index is 13.9. The minimum absolute atomic E-state index is 0.0785. The molecule has 0 saturated carbocycles. The second-order valence-electron chi connectivity index (χ2n) is 17.1. The summed E-state index contributed by atoms with van der Waals surface area (Å²) in [5.74, 6) is 0.201. The molecule has 6 N–H and O–H groups in total. The van der Waals surface area contributed by atoms with Gasteiger partial charge in [-0.3, -0.25) is 9.79 Å². The fourth-order valence-electron chi connectivity index (χ4n) is 8.79. The minimum atomic E-state index is -4.08. The molecule has 12 nitrogen and oxygen atoms in total. The zero-order valence-corrected chi connectivity index (χ0v) is 37.5. The summed E-state index contributed by atoms with van der Waals surface area (Å²) < 4.78 is 42.1. The number of carbonyl (C=O) groups excluding carboxylic acids is 2. The zero-order chi connectivity index (χ0) is 44.7. The normalized spacial score (nSPS) is 15.0. The van der Waals surface area contributed by atoms with Crippen LogP contribution in [0, 0.1) is 20.8 Å². The van der Waals surface area contributed by atoms with Gasteiger partial charge in [-0.15, -0.1) is 0 Å². The summed E-state index contributed by atoms with van der Waals surface area (Å²) >= 11 is 0. The van der Waals surface area contributed by atoms with Crippen LogP contribution >= 0.6 is 0 Å². The first-order chi connectivity index (χ1) is 30.2. The number of nitrogens with zero attached hydrogens (tertiary/aromatic N) is 1. The Hall–Kier alpha value is -6.18. The van der Waals surface area contributed by atoms with Crippen LogP contribution in [-0.4, -0.2) is 63.8 Å². The molecule has 2 atom stereocenters. The molecule has 0 bridgehead atoms. The maximum atomic E-state index is 13.9. The Bertz CT molecular complexity index is 2540. The predicted molar refractivity (Wildman–Crippen MR) is 247 cm³/mol. The smallest absolute Gasteiger partial charge is 0.407 e. The lowest BCUT2D eigenvalue weighted by Gasteiger charge is -2.26. The number of sulfonamides is 1. The number of nitrogens with one attached hydrogen (secondary N) is 4. The van der Waals surface area contributed by atoms with E-state index in [-0.39, 0.29) is 48.4 Å². The van der Waals surface area contributed by atoms with Crippen LogP contribution in [0.2, 0.25) is 0 Å². The quantitative estimate of drug-likeness (QED) is 0.0373. The van der Waals surface area contributed by atoms with Crippen molar-refractivity contribution in [2.24, 2.45) is 10.7 Å². The van der Waals surface area contributed by atoms with Crippen LogP contribution in [-0.2, 0) is 38.9 Å². The van der Waals surface area contributed by atoms with Gasteiger partial charge in [0.05, 0.1) is 10.9 Å². The van der Waals surface area contributed by atoms with Gasteiger partial charge in [0, 0.05) is 43.6 Å². The van der Waals surface area contributed by atoms with Crippen LogP contribution < -0.4 is 31.1 Å². The van der Waals surface area contributed by atoms with Gasteiger partial charge >= 0.3 is 6.09 Å². The van der Waals surface area contributed by atoms with Gasteiger partial charge in [-0.1, -0.05) is 109 Å². The van der Waals surface area contributed by atoms with E-state index >= 15 is 0 Å². The molecule has 2 aliphatic rings. The number of alkyl carbamates (subject to hydrolysis) is 1. The lowest BCUT2D eigenvalue weighted by molar-refractivity contribution is -0.123. The van der Waals surface area contributed by atoms with E-state index < -0.39 is 27.8 Å². The number of rotatable bonds is 17. The van der Waals surface area contributed by atoms with Gasteiger partial charge in [0.2, 0.25) is 11.9 Å². The second-order valence-corrected chi connectivity index (χ2v) is 18.7. The fraction of sp³-hybridized carbons (Fsp3) is 0.340. The van der Waals surface area contributed by atoms with E-state index in [9.17, 15) is 18.0 Å². The fourth-order valence-corrected chi connectivity index (χ4v) is 10.3. The first-order valence-corrected chi connectivity index (χ1v) is 23.0. The summed E-state index contributed by atoms with van der Waals surface area (Å²) in [5.41, 5.74) is 15.2. The predicted octanol–water partition coefficient (Wildman–Crippen LogP) is 7.12. The molecule has 13 heteroatoms. The first-order valence-electron chi connectivity index (χ1n) is 21.6. The molecule has 1 aliphatic heterocycles. The number of hydrogen-bond acceptors (Lipinski definition) is 8. The molecular formula is C50H58N6O6S. The largest absolute Gasteiger partial charge is 0.487 e. The number of aliphatic imine (C=N–C) groups is 1. The van der Waals surface area contributed by atoms with Crippen molar-refractivity contribution in [1.29, 1.82) is 0 Å². The standard InChI is InChI=1S/C50H58N6O6S/c1-32-33(2)46(34(3)42-28-50(4,5)62-45(32)42)63(59,60)56-48(51)52-26-16-25-44(47(57)53-29-36-19-10-7-11-20-36)55-37(27-35-17-8-6-9-18-35)30-54-49(58)61-31-43-40-23-14-12-21-38(40)39-22-13-15-24-41(39)43/h6-15,17-24,37,43-44,55H,16,25-31H2,1-5H3,(H,53,57)(H,54,58)(H3,51,52,56)/t37-,44-/m0/s1. The van der Waals surface area contributed by atoms with Gasteiger partial charge in [0.25, 0.3) is 10.0 Å². The van der Waals surface area contributed by atoms with Crippen LogP contribution in [0.15, 0.2) is 119 Å². The minimum Gasteiger partial charge on any atom is -0.487 e. The van der Waals surface area contributed by atoms with Crippen molar-refractivity contribution in [1.82, 2.24) is 20.7 Å². The van der Waals surface area contributed by atoms with E-state index in [0.29, 0.717) is 43.4 Å². The van der Waals surface area contributed by atoms with E-state index in [1.165, 1.54) is 0 Å². The Balaban J connectivity index is 1.02. The van der Waals surface area contributed by atoms with E-state index in [1.807, 2.05) is 106 Å². The SMILES string of the molecule is Cc1c(C)c(S(=O)(=O)NC(N)=NCCC[C@H](N[C@H](CNC(=O)OCC2c3ccccc3-c3ccccc32)Cc2ccccc2)C(=O)NCc2ccccc2)c(C)c2c1OC(C)(C)C2. The van der Waals surface area contributed by atoms with Crippen molar-refractivity contribution in [2.45, 2.75) is 95.3 Å². The third kappa shape index (κ3) is 10.7. The Morgan fingerprint density at radius 2 is 1.43 bits per heavy atom. The Labute approximate surface area is 371 Å². The monoisotopic (exact) mass is 870 g/mol. The molecule has 2 amide bonds. The third-order valence-electron chi connectivity index (χ3n) is 12.0. The van der Waals surface area contributed by atoms with Crippen molar-refractivity contribution in [2.75, 3.05) is 19.7 Å². The molecule has 0 spiro atoms. The van der Waals surface area contributed by atoms with Crippen LogP contribution in [0.1, 0.15) is 77.1 Å². The summed E-state index contributed by atoms with van der Waals surface area (Å²) in [7, 11) is -4.08. The summed E-state index contributed by atoms with van der Waals surface area (Å²) in [6, 6.07) is 34.8. The van der Waals surface area contributed by atoms with Gasteiger partial charge in [-0.2, -0.15) is 0 Å². The lowest BCUT2D eigenvalue weighted by atomic mass is 9.94. The molecule has 7 rings (SSSR count). The van der Waals surface area contributed by atoms with Crippen molar-refractivity contribution in [3.8, 4) is 16.9 Å². The van der Waals surface area contributed by atoms with Crippen LogP contribution in [0.4, 0.5) is 4.79 Å². The molecular weight excluding hydrogens is 813 g/mol. The van der Waals surface area contributed by atoms with Crippen LogP contribution in [0.5, 0.6) is 5.75 Å². The summed E-state index contributed by atoms with van der Waals surface area (Å²) in [6.45, 7) is 10.3. The summed E-state index contributed by atoms with van der Waals surface area (Å²) in [5, 5.41) is 9.55. The zero-order valence-electron chi connectivity index (χ0n) is 36.7. The molecule has 0 saturated heterocycles. The number of amides is 2. The number of guanidine groups is 1. The molecule has 5 aromatic rings. The lowest BCUT2D eigenvalue weighted by Crippen LogP contribution is -2.52. The van der Waals surface area contributed by atoms with Gasteiger partial charge in [-0.25, -0.2) is 17.9 Å². The second kappa shape index (κ2) is 19.5. The highest BCUT2D eigenvalue weighted by molar-refractivity contribution is 7.90. The summed E-state index contributed by atoms with van der Waals surface area (Å²) in [4.78, 5) is 31.8.